The van der Waals surface area contributed by atoms with Gasteiger partial charge >= 0.3 is 0 Å². The molecule has 266 valence electrons. The minimum Gasteiger partial charge on any atom is -0.454 e. The number of benzene rings is 8. The Morgan fingerprint density at radius 3 is 1.55 bits per heavy atom. The van der Waals surface area contributed by atoms with Gasteiger partial charge in [0.15, 0.2) is 22.5 Å². The summed E-state index contributed by atoms with van der Waals surface area (Å²) in [7, 11) is 0. The summed E-state index contributed by atoms with van der Waals surface area (Å²) in [4.78, 5) is 7.61. The van der Waals surface area contributed by atoms with Crippen LogP contribution >= 0.6 is 0 Å². The lowest BCUT2D eigenvalue weighted by atomic mass is 9.96. The highest BCUT2D eigenvalue weighted by Crippen LogP contribution is 2.46. The Balaban J connectivity index is 1.16. The molecule has 0 radical (unpaired) electrons. The van der Waals surface area contributed by atoms with Gasteiger partial charge in [0.2, 0.25) is 0 Å². The summed E-state index contributed by atoms with van der Waals surface area (Å²) in [5.74, 6) is 0. The van der Waals surface area contributed by atoms with E-state index < -0.39 is 0 Å². The van der Waals surface area contributed by atoms with Crippen LogP contribution in [0.4, 0.5) is 11.4 Å². The topological polar surface area (TPSA) is 68.6 Å². The summed E-state index contributed by atoms with van der Waals surface area (Å²) >= 11 is 0. The normalized spacial score (nSPS) is 11.7. The van der Waals surface area contributed by atoms with Crippen LogP contribution in [0.5, 0.6) is 0 Å². The first-order valence-electron chi connectivity index (χ1n) is 18.8. The molecule has 8 aromatic carbocycles. The summed E-state index contributed by atoms with van der Waals surface area (Å²) in [5.41, 5.74) is 10.4. The molecule has 0 spiro atoms. The van der Waals surface area contributed by atoms with Crippen LogP contribution in [-0.2, 0) is 0 Å². The van der Waals surface area contributed by atoms with Crippen LogP contribution in [0.2, 0.25) is 0 Å². The molecule has 0 saturated carbocycles. The first kappa shape index (κ1) is 31.7. The van der Waals surface area contributed by atoms with E-state index in [1.54, 1.807) is 12.1 Å². The predicted octanol–water partition coefficient (Wildman–Crippen LogP) is 14.3. The second kappa shape index (κ2) is 11.7. The number of hydrogen-bond donors (Lipinski definition) is 0. The first-order valence-corrected chi connectivity index (χ1v) is 18.8. The highest BCUT2D eigenvalue weighted by molar-refractivity contribution is 6.23. The van der Waals surface area contributed by atoms with E-state index in [-0.39, 0.29) is 11.4 Å². The fourth-order valence-corrected chi connectivity index (χ4v) is 9.12. The molecule has 12 aromatic rings. The Morgan fingerprint density at radius 2 is 0.966 bits per heavy atom. The van der Waals surface area contributed by atoms with Gasteiger partial charge in [0.25, 0.3) is 0 Å². The van der Waals surface area contributed by atoms with Crippen LogP contribution < -0.4 is 0 Å². The minimum atomic E-state index is 0.214. The number of rotatable bonds is 3. The molecule has 0 saturated heterocycles. The zero-order valence-corrected chi connectivity index (χ0v) is 30.5. The van der Waals surface area contributed by atoms with Gasteiger partial charge in [0.1, 0.15) is 11.2 Å². The molecule has 0 N–H and O–H groups in total. The molecule has 0 unspecified atom stereocenters. The van der Waals surface area contributed by atoms with Gasteiger partial charge in [-0.1, -0.05) is 97.1 Å². The van der Waals surface area contributed by atoms with Crippen molar-refractivity contribution in [2.45, 2.75) is 0 Å². The molecule has 58 heavy (non-hydrogen) atoms. The standard InChI is InChI=1S/C51H25N5O2/c1-53-41-26-40(45(27-42(41)54-2)56-44-16-8-4-12-33(44)37-22-24-39-35-14-6-10-18-47(35)58-51(39)49(37)56)31-20-19-30(25-29(31)28-52)55-43-15-7-3-11-32(43)36-21-23-38-34-13-5-9-17-46(34)57-50(38)48(36)55/h3-27H. The number of hydrogen-bond acceptors (Lipinski definition) is 3. The van der Waals surface area contributed by atoms with E-state index in [0.717, 1.165) is 93.2 Å². The van der Waals surface area contributed by atoms with Crippen LogP contribution in [0.1, 0.15) is 5.56 Å². The largest absolute Gasteiger partial charge is 0.454 e. The Labute approximate surface area is 329 Å². The fraction of sp³-hybridized carbons (Fsp3) is 0. The second-order valence-corrected chi connectivity index (χ2v) is 14.5. The maximum absolute atomic E-state index is 11.0. The molecule has 7 heteroatoms. The van der Waals surface area contributed by atoms with E-state index in [1.807, 2.05) is 78.9 Å². The van der Waals surface area contributed by atoms with Crippen LogP contribution in [0, 0.1) is 24.5 Å². The van der Waals surface area contributed by atoms with Crippen LogP contribution in [0.3, 0.4) is 0 Å². The van der Waals surface area contributed by atoms with Gasteiger partial charge in [0.05, 0.1) is 46.8 Å². The summed E-state index contributed by atoms with van der Waals surface area (Å²) in [6.07, 6.45) is 0. The van der Waals surface area contributed by atoms with E-state index in [1.165, 1.54) is 0 Å². The average molecular weight is 740 g/mol. The minimum absolute atomic E-state index is 0.214. The number of nitriles is 1. The van der Waals surface area contributed by atoms with Crippen molar-refractivity contribution in [3.8, 4) is 28.6 Å². The van der Waals surface area contributed by atoms with Crippen molar-refractivity contribution >= 4 is 98.9 Å². The molecule has 0 bridgehead atoms. The lowest BCUT2D eigenvalue weighted by Crippen LogP contribution is -2.00. The molecule has 7 nitrogen and oxygen atoms in total. The van der Waals surface area contributed by atoms with Crippen molar-refractivity contribution in [3.63, 3.8) is 0 Å². The van der Waals surface area contributed by atoms with Crippen molar-refractivity contribution in [3.05, 3.63) is 180 Å². The first-order chi connectivity index (χ1) is 28.6. The lowest BCUT2D eigenvalue weighted by molar-refractivity contribution is 0.670. The third-order valence-electron chi connectivity index (χ3n) is 11.6. The molecule has 0 aliphatic carbocycles. The molecule has 12 rings (SSSR count). The second-order valence-electron chi connectivity index (χ2n) is 14.5. The molecule has 0 aliphatic rings. The van der Waals surface area contributed by atoms with Gasteiger partial charge < -0.3 is 18.0 Å². The van der Waals surface area contributed by atoms with E-state index >= 15 is 0 Å². The van der Waals surface area contributed by atoms with Gasteiger partial charge in [0, 0.05) is 60.0 Å². The van der Waals surface area contributed by atoms with Gasteiger partial charge in [-0.25, -0.2) is 0 Å². The number of para-hydroxylation sites is 4. The quantitative estimate of drug-likeness (QED) is 0.169. The van der Waals surface area contributed by atoms with E-state index in [2.05, 4.69) is 85.6 Å². The molecule has 4 aromatic heterocycles. The lowest BCUT2D eigenvalue weighted by Gasteiger charge is -2.18. The van der Waals surface area contributed by atoms with Gasteiger partial charge in [-0.3, -0.25) is 9.69 Å². The number of furan rings is 2. The summed E-state index contributed by atoms with van der Waals surface area (Å²) in [6.45, 7) is 16.2. The molecule has 0 aliphatic heterocycles. The third kappa shape index (κ3) is 4.18. The maximum atomic E-state index is 11.0. The molecule has 0 fully saturated rings. The van der Waals surface area contributed by atoms with Crippen molar-refractivity contribution in [2.75, 3.05) is 0 Å². The van der Waals surface area contributed by atoms with E-state index in [4.69, 9.17) is 22.0 Å². The Kier molecular flexibility index (Phi) is 6.41. The van der Waals surface area contributed by atoms with Crippen molar-refractivity contribution < 1.29 is 8.83 Å². The Bertz CT molecular complexity index is 3910. The smallest absolute Gasteiger partial charge is 0.196 e. The number of fused-ring (bicyclic) bond motifs is 14. The van der Waals surface area contributed by atoms with Crippen molar-refractivity contribution in [1.29, 1.82) is 5.26 Å². The van der Waals surface area contributed by atoms with Crippen LogP contribution in [0.15, 0.2) is 160 Å². The fourth-order valence-electron chi connectivity index (χ4n) is 9.12. The summed E-state index contributed by atoms with van der Waals surface area (Å²) < 4.78 is 17.5. The van der Waals surface area contributed by atoms with E-state index in [0.29, 0.717) is 22.4 Å². The number of nitrogens with zero attached hydrogens (tertiary/aromatic N) is 5. The zero-order chi connectivity index (χ0) is 38.6. The number of aromatic nitrogens is 2. The predicted molar refractivity (Wildman–Crippen MR) is 232 cm³/mol. The zero-order valence-electron chi connectivity index (χ0n) is 30.5. The highest BCUT2D eigenvalue weighted by atomic mass is 16.3. The van der Waals surface area contributed by atoms with Gasteiger partial charge in [-0.2, -0.15) is 5.26 Å². The molecule has 0 amide bonds. The molecular weight excluding hydrogens is 715 g/mol. The third-order valence-corrected chi connectivity index (χ3v) is 11.6. The van der Waals surface area contributed by atoms with Crippen LogP contribution in [0.25, 0.3) is 120 Å². The van der Waals surface area contributed by atoms with Crippen LogP contribution in [-0.4, -0.2) is 9.13 Å². The molecular formula is C51H25N5O2. The van der Waals surface area contributed by atoms with Crippen molar-refractivity contribution in [2.24, 2.45) is 0 Å². The monoisotopic (exact) mass is 739 g/mol. The summed E-state index contributed by atoms with van der Waals surface area (Å²) in [5, 5.41) is 19.2. The highest BCUT2D eigenvalue weighted by Gasteiger charge is 2.24. The molecule has 4 heterocycles. The van der Waals surface area contributed by atoms with Gasteiger partial charge in [-0.15, -0.1) is 0 Å². The SMILES string of the molecule is [C-]#[N+]c1cc(-c2ccc(-n3c4ccccc4c4ccc5c6ccccc6oc5c43)cc2C#N)c(-n2c3ccccc3c3ccc4c5ccccc5oc4c32)cc1[N+]#[C-]. The van der Waals surface area contributed by atoms with Gasteiger partial charge in [-0.05, 0) is 60.2 Å². The average Bonchev–Trinajstić information content (AvgIpc) is 4.03. The van der Waals surface area contributed by atoms with Crippen molar-refractivity contribution in [1.82, 2.24) is 9.13 Å². The van der Waals surface area contributed by atoms with E-state index in [9.17, 15) is 5.26 Å². The molecule has 0 atom stereocenters. The summed E-state index contributed by atoms with van der Waals surface area (Å²) in [6, 6.07) is 52.9. The Morgan fingerprint density at radius 1 is 0.466 bits per heavy atom. The maximum Gasteiger partial charge on any atom is 0.196 e. The Hall–Kier alpha value is -8.57.